The smallest absolute Gasteiger partial charge is 0.228 e. The van der Waals surface area contributed by atoms with Crippen molar-refractivity contribution in [3.8, 4) is 45.3 Å². The molecule has 0 saturated heterocycles. The Bertz CT molecular complexity index is 2850. The second-order valence-electron chi connectivity index (χ2n) is 11.9. The maximum atomic E-state index is 6.39. The van der Waals surface area contributed by atoms with Crippen LogP contribution in [-0.4, -0.2) is 19.9 Å². The fourth-order valence-electron chi connectivity index (χ4n) is 6.73. The van der Waals surface area contributed by atoms with E-state index < -0.39 is 0 Å². The van der Waals surface area contributed by atoms with Crippen molar-refractivity contribution in [2.24, 2.45) is 0 Å². The number of para-hydroxylation sites is 1. The van der Waals surface area contributed by atoms with Crippen LogP contribution in [0.15, 0.2) is 155 Å². The van der Waals surface area contributed by atoms with E-state index in [1.807, 2.05) is 72.8 Å². The Kier molecular flexibility index (Phi) is 5.77. The van der Waals surface area contributed by atoms with Crippen LogP contribution in [-0.2, 0) is 0 Å². The van der Waals surface area contributed by atoms with Crippen molar-refractivity contribution >= 4 is 54.8 Å². The van der Waals surface area contributed by atoms with Gasteiger partial charge >= 0.3 is 0 Å². The summed E-state index contributed by atoms with van der Waals surface area (Å²) in [5.41, 5.74) is 7.68. The molecular formula is C42H24N4O2. The normalized spacial score (nSPS) is 11.8. The molecule has 10 aromatic rings. The highest BCUT2D eigenvalue weighted by Crippen LogP contribution is 2.39. The van der Waals surface area contributed by atoms with E-state index in [0.29, 0.717) is 23.2 Å². The van der Waals surface area contributed by atoms with Crippen LogP contribution in [0, 0.1) is 0 Å². The molecule has 10 rings (SSSR count). The minimum absolute atomic E-state index is 0.532. The van der Waals surface area contributed by atoms with Crippen molar-refractivity contribution in [1.29, 1.82) is 0 Å². The third kappa shape index (κ3) is 4.20. The quantitative estimate of drug-likeness (QED) is 0.196. The summed E-state index contributed by atoms with van der Waals surface area (Å²) in [5, 5.41) is 6.20. The highest BCUT2D eigenvalue weighted by Gasteiger charge is 2.21. The fraction of sp³-hybridized carbons (Fsp3) is 0. The lowest BCUT2D eigenvalue weighted by molar-refractivity contribution is 0.654. The molecule has 0 radical (unpaired) electrons. The van der Waals surface area contributed by atoms with Gasteiger partial charge in [0.1, 0.15) is 16.7 Å². The summed E-state index contributed by atoms with van der Waals surface area (Å²) in [4.78, 5) is 19.8. The molecule has 4 aromatic heterocycles. The molecule has 4 heterocycles. The van der Waals surface area contributed by atoms with Crippen molar-refractivity contribution in [2.45, 2.75) is 0 Å². The summed E-state index contributed by atoms with van der Waals surface area (Å²) in [6.45, 7) is 0. The van der Waals surface area contributed by atoms with Gasteiger partial charge < -0.3 is 8.83 Å². The molecule has 0 fully saturated rings. The minimum Gasteiger partial charge on any atom is -0.456 e. The summed E-state index contributed by atoms with van der Waals surface area (Å²) in [7, 11) is 0. The average Bonchev–Trinajstić information content (AvgIpc) is 3.73. The van der Waals surface area contributed by atoms with Gasteiger partial charge in [-0.2, -0.15) is 0 Å². The Morgan fingerprint density at radius 1 is 0.396 bits per heavy atom. The minimum atomic E-state index is 0.532. The molecule has 0 spiro atoms. The molecule has 6 aromatic carbocycles. The van der Waals surface area contributed by atoms with E-state index in [9.17, 15) is 0 Å². The van der Waals surface area contributed by atoms with Gasteiger partial charge in [-0.05, 0) is 58.3 Å². The monoisotopic (exact) mass is 616 g/mol. The maximum Gasteiger partial charge on any atom is 0.228 e. The Balaban J connectivity index is 1.19. The first kappa shape index (κ1) is 26.5. The molecule has 0 aliphatic heterocycles. The summed E-state index contributed by atoms with van der Waals surface area (Å²) in [5.74, 6) is 1.68. The standard InChI is InChI=1S/C42H24N4O2/c1-2-10-26(11-3-1)39-44-40(32-14-8-16-35-37(32)30-13-6-7-15-34(30)47-35)46-41(45-39)33-21-22-43-42-38(33)31-20-19-29(24-36(31)48-42)28-18-17-25-9-4-5-12-27(25)23-28/h1-24H. The van der Waals surface area contributed by atoms with Crippen LogP contribution in [0.1, 0.15) is 0 Å². The average molecular weight is 617 g/mol. The van der Waals surface area contributed by atoms with Gasteiger partial charge in [0.05, 0.1) is 5.39 Å². The highest BCUT2D eigenvalue weighted by atomic mass is 16.3. The number of benzene rings is 6. The van der Waals surface area contributed by atoms with Gasteiger partial charge in [-0.15, -0.1) is 0 Å². The van der Waals surface area contributed by atoms with Crippen LogP contribution < -0.4 is 0 Å². The molecule has 0 aliphatic carbocycles. The largest absolute Gasteiger partial charge is 0.456 e. The van der Waals surface area contributed by atoms with Gasteiger partial charge in [0.2, 0.25) is 5.71 Å². The van der Waals surface area contributed by atoms with Gasteiger partial charge in [-0.1, -0.05) is 103 Å². The van der Waals surface area contributed by atoms with Crippen molar-refractivity contribution in [2.75, 3.05) is 0 Å². The van der Waals surface area contributed by atoms with Crippen molar-refractivity contribution in [3.63, 3.8) is 0 Å². The number of rotatable bonds is 4. The Morgan fingerprint density at radius 2 is 1.08 bits per heavy atom. The molecule has 6 nitrogen and oxygen atoms in total. The number of hydrogen-bond donors (Lipinski definition) is 0. The lowest BCUT2D eigenvalue weighted by Gasteiger charge is -2.10. The van der Waals surface area contributed by atoms with Crippen molar-refractivity contribution < 1.29 is 8.83 Å². The first-order chi connectivity index (χ1) is 23.8. The second kappa shape index (κ2) is 10.4. The van der Waals surface area contributed by atoms with Gasteiger partial charge in [-0.25, -0.2) is 19.9 Å². The summed E-state index contributed by atoms with van der Waals surface area (Å²) >= 11 is 0. The first-order valence-electron chi connectivity index (χ1n) is 15.8. The van der Waals surface area contributed by atoms with Crippen LogP contribution in [0.2, 0.25) is 0 Å². The predicted molar refractivity (Wildman–Crippen MR) is 191 cm³/mol. The first-order valence-corrected chi connectivity index (χ1v) is 15.8. The molecule has 48 heavy (non-hydrogen) atoms. The van der Waals surface area contributed by atoms with E-state index in [4.69, 9.17) is 23.8 Å². The van der Waals surface area contributed by atoms with E-state index in [-0.39, 0.29) is 0 Å². The van der Waals surface area contributed by atoms with Crippen LogP contribution in [0.25, 0.3) is 100 Å². The van der Waals surface area contributed by atoms with Crippen LogP contribution in [0.4, 0.5) is 0 Å². The lowest BCUT2D eigenvalue weighted by Crippen LogP contribution is -2.00. The summed E-state index contributed by atoms with van der Waals surface area (Å²) in [6.07, 6.45) is 1.75. The number of aromatic nitrogens is 4. The molecule has 0 bridgehead atoms. The molecule has 0 N–H and O–H groups in total. The molecule has 6 heteroatoms. The zero-order valence-electron chi connectivity index (χ0n) is 25.5. The van der Waals surface area contributed by atoms with Crippen LogP contribution >= 0.6 is 0 Å². The highest BCUT2D eigenvalue weighted by molar-refractivity contribution is 6.13. The number of nitrogens with zero attached hydrogens (tertiary/aromatic N) is 4. The van der Waals surface area contributed by atoms with Gasteiger partial charge in [0.15, 0.2) is 17.5 Å². The maximum absolute atomic E-state index is 6.39. The number of pyridine rings is 1. The molecule has 224 valence electrons. The van der Waals surface area contributed by atoms with Crippen molar-refractivity contribution in [3.05, 3.63) is 146 Å². The van der Waals surface area contributed by atoms with E-state index in [1.54, 1.807) is 6.20 Å². The van der Waals surface area contributed by atoms with E-state index in [1.165, 1.54) is 10.8 Å². The summed E-state index contributed by atoms with van der Waals surface area (Å²) < 4.78 is 12.6. The van der Waals surface area contributed by atoms with Crippen LogP contribution in [0.5, 0.6) is 0 Å². The SMILES string of the molecule is c1ccc(-c2nc(-c3cccc4oc5ccccc5c34)nc(-c3ccnc4oc5cc(-c6ccc7ccccc7c6)ccc5c34)n2)cc1. The number of furan rings is 2. The Labute approximate surface area is 274 Å². The van der Waals surface area contributed by atoms with Crippen molar-refractivity contribution in [1.82, 2.24) is 19.9 Å². The molecule has 0 aliphatic rings. The van der Waals surface area contributed by atoms with E-state index in [0.717, 1.165) is 66.1 Å². The molecule has 0 saturated carbocycles. The molecule has 0 unspecified atom stereocenters. The third-order valence-electron chi connectivity index (χ3n) is 9.01. The van der Waals surface area contributed by atoms with Crippen LogP contribution in [0.3, 0.4) is 0 Å². The molecular weight excluding hydrogens is 592 g/mol. The van der Waals surface area contributed by atoms with E-state index >= 15 is 0 Å². The number of fused-ring (bicyclic) bond motifs is 7. The van der Waals surface area contributed by atoms with Gasteiger partial charge in [0, 0.05) is 39.0 Å². The third-order valence-corrected chi connectivity index (χ3v) is 9.01. The fourth-order valence-corrected chi connectivity index (χ4v) is 6.73. The zero-order valence-corrected chi connectivity index (χ0v) is 25.5. The lowest BCUT2D eigenvalue weighted by atomic mass is 9.99. The van der Waals surface area contributed by atoms with E-state index in [2.05, 4.69) is 71.7 Å². The van der Waals surface area contributed by atoms with Gasteiger partial charge in [-0.3, -0.25) is 0 Å². The molecule has 0 amide bonds. The molecule has 0 atom stereocenters. The predicted octanol–water partition coefficient (Wildman–Crippen LogP) is 10.9. The topological polar surface area (TPSA) is 77.8 Å². The Hall–Kier alpha value is -6.66. The second-order valence-corrected chi connectivity index (χ2v) is 11.9. The summed E-state index contributed by atoms with van der Waals surface area (Å²) in [6, 6.07) is 47.2. The Morgan fingerprint density at radius 3 is 1.98 bits per heavy atom. The number of hydrogen-bond acceptors (Lipinski definition) is 6. The zero-order chi connectivity index (χ0) is 31.6. The van der Waals surface area contributed by atoms with Gasteiger partial charge in [0.25, 0.3) is 0 Å².